The Labute approximate surface area is 202 Å². The van der Waals surface area contributed by atoms with Gasteiger partial charge in [-0.15, -0.1) is 0 Å². The number of phenolic OH excluding ortho intramolecular Hbond substituents is 1. The predicted molar refractivity (Wildman–Crippen MR) is 134 cm³/mol. The lowest BCUT2D eigenvalue weighted by atomic mass is 9.83. The van der Waals surface area contributed by atoms with Crippen LogP contribution in [0.1, 0.15) is 6.42 Å². The molecule has 0 heterocycles. The second-order valence-electron chi connectivity index (χ2n) is 9.28. The lowest BCUT2D eigenvalue weighted by Crippen LogP contribution is -2.36. The lowest BCUT2D eigenvalue weighted by molar-refractivity contribution is -0.155. The fourth-order valence-corrected chi connectivity index (χ4v) is 5.94. The lowest BCUT2D eigenvalue weighted by Gasteiger charge is -2.24. The summed E-state index contributed by atoms with van der Waals surface area (Å²) in [7, 11) is 1.36. The Morgan fingerprint density at radius 1 is 0.743 bits per heavy atom. The molecule has 0 spiro atoms. The number of hydrogen-bond acceptors (Lipinski definition) is 5. The highest BCUT2D eigenvalue weighted by molar-refractivity contribution is 6.09. The zero-order valence-corrected chi connectivity index (χ0v) is 19.2. The zero-order valence-electron chi connectivity index (χ0n) is 19.2. The van der Waals surface area contributed by atoms with Crippen molar-refractivity contribution < 1.29 is 24.2 Å². The van der Waals surface area contributed by atoms with E-state index in [4.69, 9.17) is 9.47 Å². The van der Waals surface area contributed by atoms with Crippen molar-refractivity contribution in [2.45, 2.75) is 6.42 Å². The first kappa shape index (κ1) is 21.4. The van der Waals surface area contributed by atoms with Crippen molar-refractivity contribution >= 4 is 33.5 Å². The number of carbonyl (C=O) groups excluding carboxylic acids is 2. The van der Waals surface area contributed by atoms with Gasteiger partial charge in [-0.1, -0.05) is 72.8 Å². The van der Waals surface area contributed by atoms with Crippen molar-refractivity contribution in [3.63, 3.8) is 0 Å². The Kier molecular flexibility index (Phi) is 5.06. The van der Waals surface area contributed by atoms with Gasteiger partial charge < -0.3 is 14.6 Å². The molecule has 2 aliphatic rings. The van der Waals surface area contributed by atoms with E-state index >= 15 is 0 Å². The van der Waals surface area contributed by atoms with Crippen LogP contribution in [0.5, 0.6) is 11.5 Å². The summed E-state index contributed by atoms with van der Waals surface area (Å²) < 4.78 is 11.1. The third-order valence-electron chi connectivity index (χ3n) is 7.45. The summed E-state index contributed by atoms with van der Waals surface area (Å²) >= 11 is 0. The molecule has 5 nitrogen and oxygen atoms in total. The van der Waals surface area contributed by atoms with Gasteiger partial charge in [-0.2, -0.15) is 0 Å². The number of aromatic hydroxyl groups is 1. The van der Waals surface area contributed by atoms with Crippen LogP contribution in [0.4, 0.5) is 0 Å². The summed E-state index contributed by atoms with van der Waals surface area (Å²) in [6, 6.07) is 22.8. The molecule has 0 saturated heterocycles. The maximum absolute atomic E-state index is 13.5. The number of allylic oxidation sites excluding steroid dienone is 2. The SMILES string of the molecule is COC(=O)[C@@H]1[C@H](C(=O)Oc2cccc3cccc(-c4cccc5cccc(O)c45)c23)[C@@H]2C=C[C@H]1C2. The molecule has 5 heteroatoms. The Balaban J connectivity index is 1.46. The van der Waals surface area contributed by atoms with Crippen LogP contribution in [0.15, 0.2) is 84.9 Å². The van der Waals surface area contributed by atoms with Crippen LogP contribution >= 0.6 is 0 Å². The third kappa shape index (κ3) is 3.38. The maximum atomic E-state index is 13.5. The molecule has 0 aliphatic heterocycles. The topological polar surface area (TPSA) is 72.8 Å². The normalized spacial score (nSPS) is 22.5. The van der Waals surface area contributed by atoms with E-state index in [-0.39, 0.29) is 23.6 Å². The van der Waals surface area contributed by atoms with Crippen molar-refractivity contribution in [3.8, 4) is 22.6 Å². The molecule has 174 valence electrons. The van der Waals surface area contributed by atoms with Gasteiger partial charge in [0.05, 0.1) is 18.9 Å². The Hall–Kier alpha value is -4.12. The van der Waals surface area contributed by atoms with Crippen LogP contribution in [-0.4, -0.2) is 24.2 Å². The molecule has 0 aromatic heterocycles. The van der Waals surface area contributed by atoms with Crippen LogP contribution in [0.2, 0.25) is 0 Å². The minimum Gasteiger partial charge on any atom is -0.507 e. The van der Waals surface area contributed by atoms with Gasteiger partial charge in [-0.05, 0) is 52.3 Å². The molecule has 0 radical (unpaired) electrons. The van der Waals surface area contributed by atoms with E-state index in [1.54, 1.807) is 12.1 Å². The Morgan fingerprint density at radius 2 is 1.29 bits per heavy atom. The van der Waals surface area contributed by atoms with E-state index in [0.29, 0.717) is 5.75 Å². The van der Waals surface area contributed by atoms with Crippen LogP contribution in [-0.2, 0) is 14.3 Å². The van der Waals surface area contributed by atoms with Crippen LogP contribution in [0.25, 0.3) is 32.7 Å². The Morgan fingerprint density at radius 3 is 1.94 bits per heavy atom. The van der Waals surface area contributed by atoms with E-state index in [1.165, 1.54) is 7.11 Å². The summed E-state index contributed by atoms with van der Waals surface area (Å²) in [5.74, 6) is -1.26. The maximum Gasteiger partial charge on any atom is 0.315 e. The standard InChI is InChI=1S/C30H24O5/c1-34-29(32)27-19-14-15-20(16-19)28(27)30(33)35-24-13-5-9-18-7-3-11-22(26(18)24)21-10-2-6-17-8-4-12-23(31)25(17)21/h2-15,19-20,27-28,31H,16H2,1H3/t19-,20+,27-,28+/m0/s1. The largest absolute Gasteiger partial charge is 0.507 e. The van der Waals surface area contributed by atoms with Gasteiger partial charge in [0.1, 0.15) is 11.5 Å². The van der Waals surface area contributed by atoms with E-state index in [0.717, 1.165) is 39.1 Å². The van der Waals surface area contributed by atoms with Gasteiger partial charge in [0, 0.05) is 10.8 Å². The Bertz CT molecular complexity index is 1510. The highest BCUT2D eigenvalue weighted by Crippen LogP contribution is 2.49. The first-order chi connectivity index (χ1) is 17.1. The fourth-order valence-electron chi connectivity index (χ4n) is 5.94. The number of phenols is 1. The summed E-state index contributed by atoms with van der Waals surface area (Å²) in [6.45, 7) is 0. The van der Waals surface area contributed by atoms with Crippen molar-refractivity contribution in [2.75, 3.05) is 7.11 Å². The molecule has 1 saturated carbocycles. The highest BCUT2D eigenvalue weighted by atomic mass is 16.5. The molecule has 0 amide bonds. The van der Waals surface area contributed by atoms with Crippen molar-refractivity contribution in [1.82, 2.24) is 0 Å². The quantitative estimate of drug-likeness (QED) is 0.232. The monoisotopic (exact) mass is 464 g/mol. The molecule has 1 fully saturated rings. The van der Waals surface area contributed by atoms with Gasteiger partial charge in [0.25, 0.3) is 0 Å². The number of esters is 2. The average Bonchev–Trinajstić information content (AvgIpc) is 3.50. The molecular formula is C30H24O5. The molecule has 4 atom stereocenters. The minimum atomic E-state index is -0.568. The van der Waals surface area contributed by atoms with Gasteiger partial charge in [-0.3, -0.25) is 9.59 Å². The molecule has 4 aromatic carbocycles. The molecule has 35 heavy (non-hydrogen) atoms. The van der Waals surface area contributed by atoms with E-state index in [2.05, 4.69) is 0 Å². The number of carbonyl (C=O) groups is 2. The number of hydrogen-bond donors (Lipinski definition) is 1. The summed E-state index contributed by atoms with van der Waals surface area (Å²) in [5, 5.41) is 14.0. The van der Waals surface area contributed by atoms with Crippen LogP contribution < -0.4 is 4.74 Å². The summed E-state index contributed by atoms with van der Waals surface area (Å²) in [5.41, 5.74) is 1.71. The van der Waals surface area contributed by atoms with Gasteiger partial charge in [0.15, 0.2) is 0 Å². The van der Waals surface area contributed by atoms with E-state index in [9.17, 15) is 14.7 Å². The van der Waals surface area contributed by atoms with Crippen LogP contribution in [0, 0.1) is 23.7 Å². The number of ether oxygens (including phenoxy) is 2. The first-order valence-electron chi connectivity index (χ1n) is 11.8. The highest BCUT2D eigenvalue weighted by Gasteiger charge is 2.53. The second kappa shape index (κ2) is 8.27. The van der Waals surface area contributed by atoms with Crippen molar-refractivity contribution in [3.05, 3.63) is 84.9 Å². The minimum absolute atomic E-state index is 0.00624. The number of benzene rings is 4. The first-order valence-corrected chi connectivity index (χ1v) is 11.8. The molecule has 0 unspecified atom stereocenters. The van der Waals surface area contributed by atoms with Gasteiger partial charge >= 0.3 is 11.9 Å². The smallest absolute Gasteiger partial charge is 0.315 e. The molecule has 2 aliphatic carbocycles. The average molecular weight is 465 g/mol. The molecule has 6 rings (SSSR count). The molecule has 2 bridgehead atoms. The molecular weight excluding hydrogens is 440 g/mol. The molecule has 1 N–H and O–H groups in total. The summed E-state index contributed by atoms with van der Waals surface area (Å²) in [6.07, 6.45) is 4.79. The van der Waals surface area contributed by atoms with Crippen molar-refractivity contribution in [1.29, 1.82) is 0 Å². The predicted octanol–water partition coefficient (Wildman–Crippen LogP) is 5.88. The third-order valence-corrected chi connectivity index (χ3v) is 7.45. The van der Waals surface area contributed by atoms with Crippen molar-refractivity contribution in [2.24, 2.45) is 23.7 Å². The van der Waals surface area contributed by atoms with Gasteiger partial charge in [-0.25, -0.2) is 0 Å². The number of rotatable bonds is 4. The fraction of sp³-hybridized carbons (Fsp3) is 0.200. The van der Waals surface area contributed by atoms with Crippen LogP contribution in [0.3, 0.4) is 0 Å². The number of fused-ring (bicyclic) bond motifs is 4. The summed E-state index contributed by atoms with van der Waals surface area (Å²) in [4.78, 5) is 26.0. The van der Waals surface area contributed by atoms with E-state index in [1.807, 2.05) is 72.8 Å². The van der Waals surface area contributed by atoms with E-state index < -0.39 is 17.8 Å². The molecule has 4 aromatic rings. The number of methoxy groups -OCH3 is 1. The van der Waals surface area contributed by atoms with Gasteiger partial charge in [0.2, 0.25) is 0 Å². The zero-order chi connectivity index (χ0) is 24.1. The second-order valence-corrected chi connectivity index (χ2v) is 9.28.